The Kier molecular flexibility index (Phi) is 6.97. The molecule has 2 aromatic carbocycles. The van der Waals surface area contributed by atoms with E-state index in [4.69, 9.17) is 9.47 Å². The minimum absolute atomic E-state index is 0.00303. The van der Waals surface area contributed by atoms with E-state index in [1.807, 2.05) is 68.5 Å². The summed E-state index contributed by atoms with van der Waals surface area (Å²) in [6.45, 7) is 5.81. The van der Waals surface area contributed by atoms with Crippen molar-refractivity contribution >= 4 is 26.1 Å². The molecule has 1 amide bonds. The predicted octanol–water partition coefficient (Wildman–Crippen LogP) is 4.02. The van der Waals surface area contributed by atoms with Gasteiger partial charge in [-0.05, 0) is 49.8 Å². The normalized spacial score (nSPS) is 22.0. The number of aliphatic hydroxyl groups excluding tert-OH is 1. The number of anilines is 2. The number of fused-ring (bicyclic) bond motifs is 1. The molecule has 7 heteroatoms. The molecule has 0 fully saturated rings. The lowest BCUT2D eigenvalue weighted by Crippen LogP contribution is -2.48. The quantitative estimate of drug-likeness (QED) is 0.489. The highest BCUT2D eigenvalue weighted by Gasteiger charge is 2.46. The second kappa shape index (κ2) is 9.30. The van der Waals surface area contributed by atoms with Crippen LogP contribution in [0.4, 0.5) is 11.4 Å². The number of ether oxygens (including phenoxy) is 2. The van der Waals surface area contributed by atoms with E-state index in [1.165, 1.54) is 0 Å². The van der Waals surface area contributed by atoms with Crippen molar-refractivity contribution < 1.29 is 24.2 Å². The van der Waals surface area contributed by atoms with Crippen LogP contribution in [0.15, 0.2) is 48.5 Å². The van der Waals surface area contributed by atoms with E-state index < -0.39 is 8.32 Å². The predicted molar refractivity (Wildman–Crippen MR) is 120 cm³/mol. The summed E-state index contributed by atoms with van der Waals surface area (Å²) in [6, 6.07) is 15.1. The van der Waals surface area contributed by atoms with Gasteiger partial charge in [-0.25, -0.2) is 0 Å². The van der Waals surface area contributed by atoms with E-state index in [0.717, 1.165) is 23.3 Å². The summed E-state index contributed by atoms with van der Waals surface area (Å²) in [5.74, 6) is 0.656. The lowest BCUT2D eigenvalue weighted by molar-refractivity contribution is -0.106. The van der Waals surface area contributed by atoms with Crippen LogP contribution in [-0.4, -0.2) is 44.5 Å². The van der Waals surface area contributed by atoms with Crippen LogP contribution in [0.3, 0.4) is 0 Å². The van der Waals surface area contributed by atoms with E-state index in [0.29, 0.717) is 12.2 Å². The first-order valence-electron chi connectivity index (χ1n) is 10.3. The fourth-order valence-corrected chi connectivity index (χ4v) is 6.44. The molecule has 1 heterocycles. The summed E-state index contributed by atoms with van der Waals surface area (Å²) in [5.41, 5.74) is 2.26. The smallest absolute Gasteiger partial charge is 0.218 e. The largest absolute Gasteiger partial charge is 0.490 e. The van der Waals surface area contributed by atoms with Crippen molar-refractivity contribution in [1.82, 2.24) is 0 Å². The van der Waals surface area contributed by atoms with E-state index in [-0.39, 0.29) is 30.3 Å². The zero-order valence-electron chi connectivity index (χ0n) is 18.0. The lowest BCUT2D eigenvalue weighted by Gasteiger charge is -2.43. The Hall–Kier alpha value is -2.19. The van der Waals surface area contributed by atoms with Crippen molar-refractivity contribution in [2.45, 2.75) is 44.2 Å². The average molecular weight is 430 g/mol. The third-order valence-electron chi connectivity index (χ3n) is 5.97. The van der Waals surface area contributed by atoms with Crippen molar-refractivity contribution in [3.63, 3.8) is 0 Å². The topological polar surface area (TPSA) is 79.2 Å². The molecule has 4 atom stereocenters. The number of nitrogens with zero attached hydrogens (tertiary/aromatic N) is 1. The van der Waals surface area contributed by atoms with Gasteiger partial charge in [0.25, 0.3) is 0 Å². The second-order valence-electron chi connectivity index (χ2n) is 8.40. The number of amides is 1. The van der Waals surface area contributed by atoms with Crippen LogP contribution in [0.1, 0.15) is 25.0 Å². The van der Waals surface area contributed by atoms with Gasteiger partial charge in [-0.2, -0.15) is 0 Å². The maximum atomic E-state index is 11.8. The first-order chi connectivity index (χ1) is 14.3. The van der Waals surface area contributed by atoms with Gasteiger partial charge in [0.2, 0.25) is 6.41 Å². The van der Waals surface area contributed by atoms with Crippen LogP contribution in [0.25, 0.3) is 0 Å². The number of aliphatic hydroxyl groups is 1. The Labute approximate surface area is 179 Å². The Morgan fingerprint density at radius 3 is 2.47 bits per heavy atom. The number of rotatable bonds is 8. The third-order valence-corrected chi connectivity index (χ3v) is 8.41. The van der Waals surface area contributed by atoms with E-state index in [9.17, 15) is 14.7 Å². The number of benzene rings is 2. The molecule has 2 aromatic rings. The summed E-state index contributed by atoms with van der Waals surface area (Å²) in [6.07, 6.45) is 0.775. The zero-order chi connectivity index (χ0) is 21.9. The highest BCUT2D eigenvalue weighted by Crippen LogP contribution is 2.47. The zero-order valence-corrected chi connectivity index (χ0v) is 19.0. The standard InChI is InChI=1S/C23H31NO5Si/c1-16-22(28-2)19-14-18(24(15-26)17-8-6-5-7-9-17)10-11-20(19)29-23(16)21(12-13-25)30(3,4)27/h5-11,14-16,21-23,25,27H,12-13H2,1-4H3/t16-,21?,22-,23-/m1/s1. The van der Waals surface area contributed by atoms with Gasteiger partial charge in [-0.15, -0.1) is 0 Å². The van der Waals surface area contributed by atoms with Crippen LogP contribution in [0, 0.1) is 5.92 Å². The number of methoxy groups -OCH3 is 1. The molecule has 162 valence electrons. The minimum atomic E-state index is -2.57. The SMILES string of the molecule is CO[C@H]1c2cc(N(C=O)c3ccccc3)ccc2O[C@@H](C(CCO)[Si](C)(C)O)[C@@H]1C. The molecular weight excluding hydrogens is 398 g/mol. The highest BCUT2D eigenvalue weighted by atomic mass is 28.4. The molecular formula is C23H31NO5Si. The van der Waals surface area contributed by atoms with Gasteiger partial charge in [0.15, 0.2) is 8.32 Å². The molecule has 3 rings (SSSR count). The number of carbonyl (C=O) groups is 1. The number of hydrogen-bond acceptors (Lipinski definition) is 5. The monoisotopic (exact) mass is 429 g/mol. The summed E-state index contributed by atoms with van der Waals surface area (Å²) < 4.78 is 12.2. The maximum absolute atomic E-state index is 11.8. The molecule has 0 radical (unpaired) electrons. The van der Waals surface area contributed by atoms with Crippen molar-refractivity contribution in [3.8, 4) is 5.75 Å². The van der Waals surface area contributed by atoms with Gasteiger partial charge in [-0.3, -0.25) is 9.69 Å². The molecule has 0 bridgehead atoms. The Bertz CT molecular complexity index is 854. The van der Waals surface area contributed by atoms with Crippen LogP contribution in [0.5, 0.6) is 5.75 Å². The molecule has 0 saturated carbocycles. The lowest BCUT2D eigenvalue weighted by atomic mass is 9.86. The molecule has 30 heavy (non-hydrogen) atoms. The first-order valence-corrected chi connectivity index (χ1v) is 13.3. The van der Waals surface area contributed by atoms with Gasteiger partial charge < -0.3 is 19.4 Å². The Morgan fingerprint density at radius 2 is 1.90 bits per heavy atom. The number of para-hydroxylation sites is 1. The van der Waals surface area contributed by atoms with Crippen molar-refractivity contribution in [2.75, 3.05) is 18.6 Å². The average Bonchev–Trinajstić information content (AvgIpc) is 2.72. The highest BCUT2D eigenvalue weighted by molar-refractivity contribution is 6.71. The van der Waals surface area contributed by atoms with Crippen LogP contribution in [0.2, 0.25) is 18.6 Å². The Morgan fingerprint density at radius 1 is 1.20 bits per heavy atom. The molecule has 1 aliphatic heterocycles. The fraction of sp³-hybridized carbons (Fsp3) is 0.435. The van der Waals surface area contributed by atoms with Crippen LogP contribution in [-0.2, 0) is 9.53 Å². The molecule has 0 saturated heterocycles. The van der Waals surface area contributed by atoms with Crippen molar-refractivity contribution in [1.29, 1.82) is 0 Å². The maximum Gasteiger partial charge on any atom is 0.218 e. The summed E-state index contributed by atoms with van der Waals surface area (Å²) >= 11 is 0. The number of hydrogen-bond donors (Lipinski definition) is 2. The molecule has 2 N–H and O–H groups in total. The molecule has 0 aliphatic carbocycles. The molecule has 1 aliphatic rings. The van der Waals surface area contributed by atoms with Crippen LogP contribution < -0.4 is 9.64 Å². The second-order valence-corrected chi connectivity index (χ2v) is 12.5. The summed E-state index contributed by atoms with van der Waals surface area (Å²) in [5, 5.41) is 9.55. The van der Waals surface area contributed by atoms with Gasteiger partial charge in [-0.1, -0.05) is 25.1 Å². The summed E-state index contributed by atoms with van der Waals surface area (Å²) in [4.78, 5) is 24.2. The fourth-order valence-electron chi connectivity index (χ4n) is 4.43. The van der Waals surface area contributed by atoms with Gasteiger partial charge in [0, 0.05) is 42.1 Å². The molecule has 6 nitrogen and oxygen atoms in total. The van der Waals surface area contributed by atoms with Gasteiger partial charge in [0.1, 0.15) is 11.9 Å². The van der Waals surface area contributed by atoms with E-state index in [2.05, 4.69) is 0 Å². The molecule has 0 aromatic heterocycles. The van der Waals surface area contributed by atoms with E-state index in [1.54, 1.807) is 12.0 Å². The third kappa shape index (κ3) is 4.44. The summed E-state index contributed by atoms with van der Waals surface area (Å²) in [7, 11) is -0.910. The first kappa shape index (κ1) is 22.5. The van der Waals surface area contributed by atoms with Gasteiger partial charge in [0.05, 0.1) is 6.10 Å². The minimum Gasteiger partial charge on any atom is -0.490 e. The molecule has 1 unspecified atom stereocenters. The van der Waals surface area contributed by atoms with Crippen molar-refractivity contribution in [2.24, 2.45) is 5.92 Å². The number of carbonyl (C=O) groups excluding carboxylic acids is 1. The Balaban J connectivity index is 2.00. The molecule has 0 spiro atoms. The van der Waals surface area contributed by atoms with Crippen LogP contribution >= 0.6 is 0 Å². The van der Waals surface area contributed by atoms with Gasteiger partial charge >= 0.3 is 0 Å². The van der Waals surface area contributed by atoms with E-state index >= 15 is 0 Å². The van der Waals surface area contributed by atoms with Crippen molar-refractivity contribution in [3.05, 3.63) is 54.1 Å².